The van der Waals surface area contributed by atoms with Crippen molar-refractivity contribution in [1.29, 1.82) is 0 Å². The van der Waals surface area contributed by atoms with Crippen molar-refractivity contribution in [2.75, 3.05) is 11.9 Å². The summed E-state index contributed by atoms with van der Waals surface area (Å²) in [6, 6.07) is 5.01. The van der Waals surface area contributed by atoms with E-state index < -0.39 is 0 Å². The lowest BCUT2D eigenvalue weighted by molar-refractivity contribution is 0.616. The van der Waals surface area contributed by atoms with Crippen LogP contribution in [0.25, 0.3) is 0 Å². The molecule has 2 rings (SSSR count). The highest BCUT2D eigenvalue weighted by molar-refractivity contribution is 5.57. The van der Waals surface area contributed by atoms with Gasteiger partial charge in [0.05, 0.1) is 0 Å². The SMILES string of the molecule is CCC[C@@H]1CNc2ccc(F)cc21. The van der Waals surface area contributed by atoms with Crippen LogP contribution in [-0.4, -0.2) is 6.54 Å². The molecule has 0 saturated carbocycles. The summed E-state index contributed by atoms with van der Waals surface area (Å²) in [5.74, 6) is 0.388. The first kappa shape index (κ1) is 8.54. The van der Waals surface area contributed by atoms with Crippen LogP contribution in [0.5, 0.6) is 0 Å². The molecule has 0 radical (unpaired) electrons. The van der Waals surface area contributed by atoms with E-state index >= 15 is 0 Å². The Morgan fingerprint density at radius 1 is 1.54 bits per heavy atom. The first-order valence-electron chi connectivity index (χ1n) is 4.84. The van der Waals surface area contributed by atoms with Crippen molar-refractivity contribution >= 4 is 5.69 Å². The molecular formula is C11H14FN. The second-order valence-electron chi connectivity index (χ2n) is 3.60. The minimum absolute atomic E-state index is 0.122. The van der Waals surface area contributed by atoms with Crippen LogP contribution < -0.4 is 5.32 Å². The Morgan fingerprint density at radius 2 is 2.38 bits per heavy atom. The third kappa shape index (κ3) is 1.53. The zero-order valence-corrected chi connectivity index (χ0v) is 7.81. The van der Waals surface area contributed by atoms with E-state index in [0.717, 1.165) is 30.6 Å². The van der Waals surface area contributed by atoms with Crippen molar-refractivity contribution in [3.05, 3.63) is 29.6 Å². The van der Waals surface area contributed by atoms with Crippen molar-refractivity contribution < 1.29 is 4.39 Å². The Balaban J connectivity index is 2.29. The molecule has 0 aromatic heterocycles. The molecule has 1 nitrogen and oxygen atoms in total. The Hall–Kier alpha value is -1.05. The molecule has 0 unspecified atom stereocenters. The van der Waals surface area contributed by atoms with E-state index in [4.69, 9.17) is 0 Å². The average Bonchev–Trinajstić information content (AvgIpc) is 2.49. The zero-order chi connectivity index (χ0) is 9.26. The van der Waals surface area contributed by atoms with Crippen LogP contribution in [0.2, 0.25) is 0 Å². The fourth-order valence-electron chi connectivity index (χ4n) is 1.98. The minimum atomic E-state index is -0.122. The maximum Gasteiger partial charge on any atom is 0.123 e. The molecule has 70 valence electrons. The molecule has 1 aromatic rings. The average molecular weight is 179 g/mol. The number of benzene rings is 1. The van der Waals surface area contributed by atoms with E-state index in [0.29, 0.717) is 5.92 Å². The van der Waals surface area contributed by atoms with Gasteiger partial charge in [0.1, 0.15) is 5.82 Å². The molecule has 0 bridgehead atoms. The summed E-state index contributed by atoms with van der Waals surface area (Å²) in [6.07, 6.45) is 2.30. The van der Waals surface area contributed by atoms with Gasteiger partial charge in [-0.05, 0) is 30.2 Å². The summed E-state index contributed by atoms with van der Waals surface area (Å²) >= 11 is 0. The van der Waals surface area contributed by atoms with Gasteiger partial charge in [-0.15, -0.1) is 0 Å². The van der Waals surface area contributed by atoms with Crippen LogP contribution in [0, 0.1) is 5.82 Å². The van der Waals surface area contributed by atoms with Gasteiger partial charge in [-0.1, -0.05) is 13.3 Å². The lowest BCUT2D eigenvalue weighted by Gasteiger charge is -2.07. The largest absolute Gasteiger partial charge is 0.384 e. The van der Waals surface area contributed by atoms with Crippen molar-refractivity contribution in [1.82, 2.24) is 0 Å². The summed E-state index contributed by atoms with van der Waals surface area (Å²) in [6.45, 7) is 3.13. The highest BCUT2D eigenvalue weighted by Gasteiger charge is 2.21. The van der Waals surface area contributed by atoms with Gasteiger partial charge in [-0.25, -0.2) is 4.39 Å². The minimum Gasteiger partial charge on any atom is -0.384 e. The summed E-state index contributed by atoms with van der Waals surface area (Å²) < 4.78 is 12.9. The number of rotatable bonds is 2. The number of halogens is 1. The summed E-state index contributed by atoms with van der Waals surface area (Å²) in [7, 11) is 0. The molecule has 1 aliphatic rings. The Bertz CT molecular complexity index is 307. The van der Waals surface area contributed by atoms with Crippen LogP contribution in [0.4, 0.5) is 10.1 Å². The normalized spacial score (nSPS) is 19.7. The van der Waals surface area contributed by atoms with Gasteiger partial charge in [0.2, 0.25) is 0 Å². The highest BCUT2D eigenvalue weighted by atomic mass is 19.1. The molecule has 0 aliphatic carbocycles. The van der Waals surface area contributed by atoms with Gasteiger partial charge < -0.3 is 5.32 Å². The molecular weight excluding hydrogens is 165 g/mol. The van der Waals surface area contributed by atoms with E-state index in [1.54, 1.807) is 6.07 Å². The smallest absolute Gasteiger partial charge is 0.123 e. The van der Waals surface area contributed by atoms with Gasteiger partial charge in [-0.2, -0.15) is 0 Å². The van der Waals surface area contributed by atoms with E-state index in [2.05, 4.69) is 12.2 Å². The van der Waals surface area contributed by atoms with Crippen molar-refractivity contribution in [2.45, 2.75) is 25.7 Å². The van der Waals surface area contributed by atoms with Gasteiger partial charge in [0.25, 0.3) is 0 Å². The van der Waals surface area contributed by atoms with Crippen LogP contribution in [-0.2, 0) is 0 Å². The van der Waals surface area contributed by atoms with Crippen LogP contribution in [0.3, 0.4) is 0 Å². The zero-order valence-electron chi connectivity index (χ0n) is 7.81. The second-order valence-corrected chi connectivity index (χ2v) is 3.60. The van der Waals surface area contributed by atoms with Gasteiger partial charge in [0.15, 0.2) is 0 Å². The topological polar surface area (TPSA) is 12.0 Å². The van der Waals surface area contributed by atoms with Gasteiger partial charge >= 0.3 is 0 Å². The summed E-state index contributed by atoms with van der Waals surface area (Å²) in [5.41, 5.74) is 2.27. The number of hydrogen-bond donors (Lipinski definition) is 1. The lowest BCUT2D eigenvalue weighted by atomic mass is 9.97. The molecule has 2 heteroatoms. The van der Waals surface area contributed by atoms with E-state index in [9.17, 15) is 4.39 Å². The second kappa shape index (κ2) is 3.36. The van der Waals surface area contributed by atoms with E-state index in [1.807, 2.05) is 6.07 Å². The Kier molecular flexibility index (Phi) is 2.21. The van der Waals surface area contributed by atoms with Crippen molar-refractivity contribution in [2.24, 2.45) is 0 Å². The maximum atomic E-state index is 12.9. The fraction of sp³-hybridized carbons (Fsp3) is 0.455. The van der Waals surface area contributed by atoms with Crippen LogP contribution >= 0.6 is 0 Å². The molecule has 0 spiro atoms. The molecule has 1 heterocycles. The molecule has 0 saturated heterocycles. The monoisotopic (exact) mass is 179 g/mol. The molecule has 1 aliphatic heterocycles. The molecule has 1 N–H and O–H groups in total. The predicted octanol–water partition coefficient (Wildman–Crippen LogP) is 3.13. The fourth-order valence-corrected chi connectivity index (χ4v) is 1.98. The van der Waals surface area contributed by atoms with E-state index in [-0.39, 0.29) is 5.82 Å². The standard InChI is InChI=1S/C11H14FN/c1-2-3-8-7-13-11-5-4-9(12)6-10(8)11/h4-6,8,13H,2-3,7H2,1H3/t8-/m1/s1. The quantitative estimate of drug-likeness (QED) is 0.735. The van der Waals surface area contributed by atoms with Crippen molar-refractivity contribution in [3.8, 4) is 0 Å². The number of nitrogens with one attached hydrogen (secondary N) is 1. The van der Waals surface area contributed by atoms with E-state index in [1.165, 1.54) is 6.07 Å². The predicted molar refractivity (Wildman–Crippen MR) is 52.5 cm³/mol. The molecule has 0 fully saturated rings. The Labute approximate surface area is 78.0 Å². The summed E-state index contributed by atoms with van der Waals surface area (Å²) in [5, 5.41) is 3.30. The number of anilines is 1. The highest BCUT2D eigenvalue weighted by Crippen LogP contribution is 2.34. The number of fused-ring (bicyclic) bond motifs is 1. The van der Waals surface area contributed by atoms with Gasteiger partial charge in [0, 0.05) is 18.2 Å². The molecule has 13 heavy (non-hydrogen) atoms. The maximum absolute atomic E-state index is 12.9. The third-order valence-electron chi connectivity index (χ3n) is 2.63. The molecule has 1 atom stereocenters. The first-order chi connectivity index (χ1) is 6.31. The third-order valence-corrected chi connectivity index (χ3v) is 2.63. The molecule has 0 amide bonds. The first-order valence-corrected chi connectivity index (χ1v) is 4.84. The number of hydrogen-bond acceptors (Lipinski definition) is 1. The van der Waals surface area contributed by atoms with Crippen LogP contribution in [0.15, 0.2) is 18.2 Å². The lowest BCUT2D eigenvalue weighted by Crippen LogP contribution is -2.00. The van der Waals surface area contributed by atoms with Crippen molar-refractivity contribution in [3.63, 3.8) is 0 Å². The molecule has 1 aromatic carbocycles. The van der Waals surface area contributed by atoms with Gasteiger partial charge in [-0.3, -0.25) is 0 Å². The Morgan fingerprint density at radius 3 is 3.15 bits per heavy atom. The van der Waals surface area contributed by atoms with Crippen LogP contribution in [0.1, 0.15) is 31.2 Å². The summed E-state index contributed by atoms with van der Waals surface area (Å²) in [4.78, 5) is 0.